The van der Waals surface area contributed by atoms with Crippen molar-refractivity contribution in [2.75, 3.05) is 6.61 Å². The van der Waals surface area contributed by atoms with Crippen LogP contribution in [0, 0.1) is 5.92 Å². The minimum atomic E-state index is -0.228. The van der Waals surface area contributed by atoms with Crippen molar-refractivity contribution in [3.8, 4) is 0 Å². The number of esters is 1. The fraction of sp³-hybridized carbons (Fsp3) is 0.583. The second-order valence-electron chi connectivity index (χ2n) is 3.92. The number of carbonyl (C=O) groups is 1. The third-order valence-corrected chi connectivity index (χ3v) is 1.81. The largest absolute Gasteiger partial charge is 0.461 e. The smallest absolute Gasteiger partial charge is 0.302 e. The molecule has 2 heteroatoms. The van der Waals surface area contributed by atoms with Crippen LogP contribution in [0.2, 0.25) is 0 Å². The number of hydrogen-bond donors (Lipinski definition) is 0. The fourth-order valence-electron chi connectivity index (χ4n) is 0.866. The molecule has 0 aliphatic heterocycles. The highest BCUT2D eigenvalue weighted by Crippen LogP contribution is 2.10. The SMILES string of the molecule is CC(=O)OC/C(=C\C=C(C)C)C(C)C. The quantitative estimate of drug-likeness (QED) is 0.510. The van der Waals surface area contributed by atoms with Gasteiger partial charge in [0.25, 0.3) is 0 Å². The van der Waals surface area contributed by atoms with Crippen molar-refractivity contribution in [3.05, 3.63) is 23.3 Å². The highest BCUT2D eigenvalue weighted by Gasteiger charge is 2.03. The number of rotatable bonds is 4. The number of ether oxygens (including phenoxy) is 1. The average molecular weight is 196 g/mol. The zero-order chi connectivity index (χ0) is 11.1. The lowest BCUT2D eigenvalue weighted by Crippen LogP contribution is -2.07. The molecule has 0 fully saturated rings. The van der Waals surface area contributed by atoms with Crippen LogP contribution in [0.1, 0.15) is 34.6 Å². The Kier molecular flexibility index (Phi) is 5.93. The molecular formula is C12H20O2. The minimum Gasteiger partial charge on any atom is -0.461 e. The number of hydrogen-bond acceptors (Lipinski definition) is 2. The average Bonchev–Trinajstić information content (AvgIpc) is 2.02. The highest BCUT2D eigenvalue weighted by atomic mass is 16.5. The van der Waals surface area contributed by atoms with E-state index >= 15 is 0 Å². The Hall–Kier alpha value is -1.05. The normalized spacial score (nSPS) is 11.4. The van der Waals surface area contributed by atoms with Crippen LogP contribution < -0.4 is 0 Å². The van der Waals surface area contributed by atoms with E-state index in [1.54, 1.807) is 0 Å². The maximum atomic E-state index is 10.6. The second-order valence-corrected chi connectivity index (χ2v) is 3.92. The molecule has 0 amide bonds. The summed E-state index contributed by atoms with van der Waals surface area (Å²) in [5.41, 5.74) is 2.38. The van der Waals surface area contributed by atoms with Crippen LogP contribution in [0.25, 0.3) is 0 Å². The summed E-state index contributed by atoms with van der Waals surface area (Å²) in [6, 6.07) is 0. The molecule has 0 saturated carbocycles. The summed E-state index contributed by atoms with van der Waals surface area (Å²) < 4.78 is 4.96. The molecule has 0 spiro atoms. The van der Waals surface area contributed by atoms with E-state index in [0.29, 0.717) is 12.5 Å². The van der Waals surface area contributed by atoms with Gasteiger partial charge in [0.2, 0.25) is 0 Å². The molecule has 0 aromatic carbocycles. The molecular weight excluding hydrogens is 176 g/mol. The molecule has 80 valence electrons. The Labute approximate surface area is 86.6 Å². The third kappa shape index (κ3) is 6.46. The van der Waals surface area contributed by atoms with Gasteiger partial charge in [-0.05, 0) is 25.3 Å². The minimum absolute atomic E-state index is 0.228. The zero-order valence-electron chi connectivity index (χ0n) is 9.76. The van der Waals surface area contributed by atoms with Crippen LogP contribution in [0.3, 0.4) is 0 Å². The van der Waals surface area contributed by atoms with Gasteiger partial charge in [0.1, 0.15) is 6.61 Å². The molecule has 0 aromatic rings. The molecule has 0 unspecified atom stereocenters. The molecule has 14 heavy (non-hydrogen) atoms. The Balaban J connectivity index is 4.37. The zero-order valence-corrected chi connectivity index (χ0v) is 9.76. The van der Waals surface area contributed by atoms with E-state index < -0.39 is 0 Å². The molecule has 0 radical (unpaired) electrons. The van der Waals surface area contributed by atoms with E-state index in [9.17, 15) is 4.79 Å². The molecule has 0 atom stereocenters. The third-order valence-electron chi connectivity index (χ3n) is 1.81. The predicted octanol–water partition coefficient (Wildman–Crippen LogP) is 3.10. The summed E-state index contributed by atoms with van der Waals surface area (Å²) in [4.78, 5) is 10.6. The van der Waals surface area contributed by atoms with Gasteiger partial charge in [0, 0.05) is 6.92 Å². The number of allylic oxidation sites excluding steroid dienone is 3. The van der Waals surface area contributed by atoms with Crippen molar-refractivity contribution < 1.29 is 9.53 Å². The molecule has 0 aliphatic carbocycles. The Bertz CT molecular complexity index is 243. The topological polar surface area (TPSA) is 26.3 Å². The standard InChI is InChI=1S/C12H20O2/c1-9(2)6-7-12(10(3)4)8-14-11(5)13/h6-7,10H,8H2,1-5H3/b12-7+. The van der Waals surface area contributed by atoms with Crippen LogP contribution in [-0.2, 0) is 9.53 Å². The lowest BCUT2D eigenvalue weighted by molar-refractivity contribution is -0.140. The first-order valence-corrected chi connectivity index (χ1v) is 4.90. The monoisotopic (exact) mass is 196 g/mol. The fourth-order valence-corrected chi connectivity index (χ4v) is 0.866. The van der Waals surface area contributed by atoms with E-state index in [2.05, 4.69) is 13.8 Å². The Morgan fingerprint density at radius 2 is 1.79 bits per heavy atom. The van der Waals surface area contributed by atoms with Crippen molar-refractivity contribution in [2.45, 2.75) is 34.6 Å². The van der Waals surface area contributed by atoms with Gasteiger partial charge >= 0.3 is 5.97 Å². The van der Waals surface area contributed by atoms with E-state index in [4.69, 9.17) is 4.74 Å². The van der Waals surface area contributed by atoms with Gasteiger partial charge in [-0.25, -0.2) is 0 Å². The van der Waals surface area contributed by atoms with Gasteiger partial charge in [0.05, 0.1) is 0 Å². The van der Waals surface area contributed by atoms with Crippen LogP contribution in [-0.4, -0.2) is 12.6 Å². The van der Waals surface area contributed by atoms with Crippen molar-refractivity contribution in [1.29, 1.82) is 0 Å². The summed E-state index contributed by atoms with van der Waals surface area (Å²) in [5.74, 6) is 0.179. The van der Waals surface area contributed by atoms with E-state index in [0.717, 1.165) is 5.57 Å². The molecule has 0 heterocycles. The molecule has 0 aliphatic rings. The van der Waals surface area contributed by atoms with Crippen LogP contribution in [0.15, 0.2) is 23.3 Å². The summed E-state index contributed by atoms with van der Waals surface area (Å²) >= 11 is 0. The van der Waals surface area contributed by atoms with Crippen LogP contribution >= 0.6 is 0 Å². The van der Waals surface area contributed by atoms with Gasteiger partial charge in [-0.15, -0.1) is 0 Å². The van der Waals surface area contributed by atoms with Crippen LogP contribution in [0.5, 0.6) is 0 Å². The van der Waals surface area contributed by atoms with E-state index in [-0.39, 0.29) is 5.97 Å². The van der Waals surface area contributed by atoms with Gasteiger partial charge in [-0.1, -0.05) is 31.6 Å². The van der Waals surface area contributed by atoms with Gasteiger partial charge in [0.15, 0.2) is 0 Å². The van der Waals surface area contributed by atoms with Gasteiger partial charge in [-0.3, -0.25) is 4.79 Å². The molecule has 0 N–H and O–H groups in total. The molecule has 0 saturated heterocycles. The lowest BCUT2D eigenvalue weighted by atomic mass is 10.0. The van der Waals surface area contributed by atoms with E-state index in [1.165, 1.54) is 12.5 Å². The molecule has 0 aromatic heterocycles. The predicted molar refractivity (Wildman–Crippen MR) is 59.0 cm³/mol. The summed E-state index contributed by atoms with van der Waals surface area (Å²) in [5, 5.41) is 0. The number of carbonyl (C=O) groups excluding carboxylic acids is 1. The van der Waals surface area contributed by atoms with Crippen molar-refractivity contribution in [3.63, 3.8) is 0 Å². The highest BCUT2D eigenvalue weighted by molar-refractivity contribution is 5.66. The van der Waals surface area contributed by atoms with E-state index in [1.807, 2.05) is 26.0 Å². The molecule has 0 rings (SSSR count). The maximum absolute atomic E-state index is 10.6. The van der Waals surface area contributed by atoms with Crippen molar-refractivity contribution in [2.24, 2.45) is 5.92 Å². The van der Waals surface area contributed by atoms with Crippen molar-refractivity contribution >= 4 is 5.97 Å². The van der Waals surface area contributed by atoms with Gasteiger partial charge < -0.3 is 4.74 Å². The molecule has 2 nitrogen and oxygen atoms in total. The van der Waals surface area contributed by atoms with Crippen LogP contribution in [0.4, 0.5) is 0 Å². The summed E-state index contributed by atoms with van der Waals surface area (Å²) in [6.45, 7) is 10.1. The lowest BCUT2D eigenvalue weighted by Gasteiger charge is -2.10. The first-order chi connectivity index (χ1) is 6.43. The first-order valence-electron chi connectivity index (χ1n) is 4.90. The van der Waals surface area contributed by atoms with Crippen molar-refractivity contribution in [1.82, 2.24) is 0 Å². The Morgan fingerprint density at radius 3 is 2.14 bits per heavy atom. The maximum Gasteiger partial charge on any atom is 0.302 e. The first kappa shape index (κ1) is 12.9. The second kappa shape index (κ2) is 6.41. The Morgan fingerprint density at radius 1 is 1.21 bits per heavy atom. The van der Waals surface area contributed by atoms with Gasteiger partial charge in [-0.2, -0.15) is 0 Å². The summed E-state index contributed by atoms with van der Waals surface area (Å²) in [6.07, 6.45) is 4.07. The summed E-state index contributed by atoms with van der Waals surface area (Å²) in [7, 11) is 0. The molecule has 0 bridgehead atoms.